The van der Waals surface area contributed by atoms with Gasteiger partial charge in [-0.05, 0) is 48.1 Å². The third-order valence-corrected chi connectivity index (χ3v) is 5.46. The average molecular weight is 255 g/mol. The minimum Gasteiger partial charge on any atom is -0.380 e. The normalized spacial score (nSPS) is 35.1. The Labute approximate surface area is 115 Å². The molecule has 3 nitrogen and oxygen atoms in total. The number of aromatic nitrogens is 1. The fraction of sp³-hybridized carbons (Fsp3) is 0.625. The Morgan fingerprint density at radius 2 is 2.16 bits per heavy atom. The lowest BCUT2D eigenvalue weighted by molar-refractivity contribution is 0.155. The molecule has 2 aliphatic carbocycles. The van der Waals surface area contributed by atoms with Gasteiger partial charge >= 0.3 is 0 Å². The maximum Gasteiger partial charge on any atom is 0.140 e. The van der Waals surface area contributed by atoms with Crippen LogP contribution < -0.4 is 5.32 Å². The molecule has 1 heterocycles. The fourth-order valence-electron chi connectivity index (χ4n) is 4.37. The molecule has 0 aromatic carbocycles. The maximum atomic E-state index is 8.79. The van der Waals surface area contributed by atoms with E-state index in [1.54, 1.807) is 12.3 Å². The number of hydrogen-bond donors (Lipinski definition) is 1. The highest BCUT2D eigenvalue weighted by molar-refractivity contribution is 5.45. The van der Waals surface area contributed by atoms with E-state index in [-0.39, 0.29) is 0 Å². The van der Waals surface area contributed by atoms with E-state index in [9.17, 15) is 0 Å². The SMILES string of the molecule is CC12CCC(C1)C(C)(C)C2Nc1ccc(C#N)nc1. The summed E-state index contributed by atoms with van der Waals surface area (Å²) in [5.41, 5.74) is 2.25. The molecule has 0 radical (unpaired) electrons. The van der Waals surface area contributed by atoms with Crippen LogP contribution in [0.15, 0.2) is 18.3 Å². The zero-order valence-electron chi connectivity index (χ0n) is 11.9. The van der Waals surface area contributed by atoms with Crippen LogP contribution >= 0.6 is 0 Å². The summed E-state index contributed by atoms with van der Waals surface area (Å²) in [7, 11) is 0. The van der Waals surface area contributed by atoms with E-state index in [2.05, 4.69) is 37.1 Å². The lowest BCUT2D eigenvalue weighted by Gasteiger charge is -2.43. The number of rotatable bonds is 2. The third-order valence-electron chi connectivity index (χ3n) is 5.46. The van der Waals surface area contributed by atoms with Crippen LogP contribution in [-0.2, 0) is 0 Å². The number of nitrogens with one attached hydrogen (secondary N) is 1. The summed E-state index contributed by atoms with van der Waals surface area (Å²) < 4.78 is 0. The van der Waals surface area contributed by atoms with Crippen molar-refractivity contribution in [2.24, 2.45) is 16.7 Å². The van der Waals surface area contributed by atoms with Crippen LogP contribution in [-0.4, -0.2) is 11.0 Å². The van der Waals surface area contributed by atoms with E-state index in [1.807, 2.05) is 6.07 Å². The van der Waals surface area contributed by atoms with Crippen LogP contribution in [0, 0.1) is 28.1 Å². The summed E-state index contributed by atoms with van der Waals surface area (Å²) in [6, 6.07) is 6.31. The molecular weight excluding hydrogens is 234 g/mol. The first-order valence-electron chi connectivity index (χ1n) is 7.08. The molecule has 0 aliphatic heterocycles. The van der Waals surface area contributed by atoms with Gasteiger partial charge in [0, 0.05) is 6.04 Å². The molecule has 0 amide bonds. The molecule has 100 valence electrons. The number of hydrogen-bond acceptors (Lipinski definition) is 3. The summed E-state index contributed by atoms with van der Waals surface area (Å²) >= 11 is 0. The largest absolute Gasteiger partial charge is 0.380 e. The van der Waals surface area contributed by atoms with Crippen molar-refractivity contribution in [1.82, 2.24) is 4.98 Å². The molecule has 0 saturated heterocycles. The first-order chi connectivity index (χ1) is 8.95. The van der Waals surface area contributed by atoms with Crippen LogP contribution in [0.2, 0.25) is 0 Å². The Bertz CT molecular complexity index is 521. The molecule has 0 spiro atoms. The Hall–Kier alpha value is -1.56. The zero-order chi connectivity index (χ0) is 13.7. The zero-order valence-corrected chi connectivity index (χ0v) is 11.9. The van der Waals surface area contributed by atoms with Gasteiger partial charge in [0.15, 0.2) is 0 Å². The molecule has 1 aromatic rings. The Morgan fingerprint density at radius 3 is 2.68 bits per heavy atom. The molecule has 2 bridgehead atoms. The molecule has 1 aromatic heterocycles. The second-order valence-corrected chi connectivity index (χ2v) is 7.04. The summed E-state index contributed by atoms with van der Waals surface area (Å²) in [6.07, 6.45) is 5.81. The highest BCUT2D eigenvalue weighted by atomic mass is 15.0. The molecule has 2 saturated carbocycles. The van der Waals surface area contributed by atoms with E-state index in [0.29, 0.717) is 22.6 Å². The lowest BCUT2D eigenvalue weighted by Crippen LogP contribution is -2.45. The molecule has 2 aliphatic rings. The van der Waals surface area contributed by atoms with Gasteiger partial charge in [-0.25, -0.2) is 4.98 Å². The maximum absolute atomic E-state index is 8.79. The van der Waals surface area contributed by atoms with Crippen molar-refractivity contribution in [3.05, 3.63) is 24.0 Å². The lowest BCUT2D eigenvalue weighted by atomic mass is 9.68. The first kappa shape index (κ1) is 12.5. The van der Waals surface area contributed by atoms with Crippen LogP contribution in [0.4, 0.5) is 5.69 Å². The van der Waals surface area contributed by atoms with E-state index in [1.165, 1.54) is 19.3 Å². The van der Waals surface area contributed by atoms with Gasteiger partial charge < -0.3 is 5.32 Å². The molecule has 3 atom stereocenters. The predicted octanol–water partition coefficient (Wildman–Crippen LogP) is 3.58. The smallest absolute Gasteiger partial charge is 0.140 e. The van der Waals surface area contributed by atoms with E-state index >= 15 is 0 Å². The quantitative estimate of drug-likeness (QED) is 0.878. The molecule has 3 rings (SSSR count). The molecule has 3 heteroatoms. The van der Waals surface area contributed by atoms with Gasteiger partial charge in [0.25, 0.3) is 0 Å². The van der Waals surface area contributed by atoms with Crippen LogP contribution in [0.5, 0.6) is 0 Å². The van der Waals surface area contributed by atoms with Crippen molar-refractivity contribution in [2.75, 3.05) is 5.32 Å². The van der Waals surface area contributed by atoms with Crippen molar-refractivity contribution in [2.45, 2.75) is 46.1 Å². The summed E-state index contributed by atoms with van der Waals surface area (Å²) in [5, 5.41) is 12.5. The van der Waals surface area contributed by atoms with Crippen molar-refractivity contribution >= 4 is 5.69 Å². The topological polar surface area (TPSA) is 48.7 Å². The standard InChI is InChI=1S/C16H21N3/c1-15(2)11-6-7-16(3,8-11)14(15)19-13-5-4-12(9-17)18-10-13/h4-5,10-11,14,19H,6-8H2,1-3H3. The number of anilines is 1. The van der Waals surface area contributed by atoms with Crippen LogP contribution in [0.25, 0.3) is 0 Å². The molecular formula is C16H21N3. The molecule has 2 fully saturated rings. The molecule has 1 N–H and O–H groups in total. The fourth-order valence-corrected chi connectivity index (χ4v) is 4.37. The summed E-state index contributed by atoms with van der Waals surface area (Å²) in [6.45, 7) is 7.18. The van der Waals surface area contributed by atoms with Gasteiger partial charge in [-0.2, -0.15) is 5.26 Å². The van der Waals surface area contributed by atoms with Gasteiger partial charge in [0.2, 0.25) is 0 Å². The third kappa shape index (κ3) is 1.82. The second kappa shape index (κ2) is 3.96. The Morgan fingerprint density at radius 1 is 1.37 bits per heavy atom. The highest BCUT2D eigenvalue weighted by Crippen LogP contribution is 2.63. The number of nitrogens with zero attached hydrogens (tertiary/aromatic N) is 2. The van der Waals surface area contributed by atoms with Gasteiger partial charge in [-0.3, -0.25) is 0 Å². The minimum atomic E-state index is 0.334. The highest BCUT2D eigenvalue weighted by Gasteiger charge is 2.59. The van der Waals surface area contributed by atoms with Gasteiger partial charge in [0.1, 0.15) is 11.8 Å². The molecule has 3 unspecified atom stereocenters. The predicted molar refractivity (Wildman–Crippen MR) is 75.6 cm³/mol. The van der Waals surface area contributed by atoms with Crippen LogP contribution in [0.1, 0.15) is 45.7 Å². The van der Waals surface area contributed by atoms with Crippen molar-refractivity contribution < 1.29 is 0 Å². The van der Waals surface area contributed by atoms with Gasteiger partial charge in [-0.1, -0.05) is 20.8 Å². The van der Waals surface area contributed by atoms with E-state index < -0.39 is 0 Å². The molecule has 19 heavy (non-hydrogen) atoms. The van der Waals surface area contributed by atoms with Gasteiger partial charge in [-0.15, -0.1) is 0 Å². The summed E-state index contributed by atoms with van der Waals surface area (Å²) in [5.74, 6) is 0.835. The number of pyridine rings is 1. The summed E-state index contributed by atoms with van der Waals surface area (Å²) in [4.78, 5) is 4.15. The van der Waals surface area contributed by atoms with Crippen molar-refractivity contribution in [3.8, 4) is 6.07 Å². The van der Waals surface area contributed by atoms with E-state index in [4.69, 9.17) is 5.26 Å². The monoisotopic (exact) mass is 255 g/mol. The average Bonchev–Trinajstić information content (AvgIpc) is 2.87. The first-order valence-corrected chi connectivity index (χ1v) is 7.08. The second-order valence-electron chi connectivity index (χ2n) is 7.04. The van der Waals surface area contributed by atoms with Crippen molar-refractivity contribution in [3.63, 3.8) is 0 Å². The van der Waals surface area contributed by atoms with Gasteiger partial charge in [0.05, 0.1) is 11.9 Å². The minimum absolute atomic E-state index is 0.334. The number of nitriles is 1. The Balaban J connectivity index is 1.84. The van der Waals surface area contributed by atoms with Crippen LogP contribution in [0.3, 0.4) is 0 Å². The van der Waals surface area contributed by atoms with Crippen molar-refractivity contribution in [1.29, 1.82) is 5.26 Å². The number of fused-ring (bicyclic) bond motifs is 2. The Kier molecular flexibility index (Phi) is 2.60. The van der Waals surface area contributed by atoms with E-state index in [0.717, 1.165) is 11.6 Å².